The average Bonchev–Trinajstić information content (AvgIpc) is 3.13. The van der Waals surface area contributed by atoms with Crippen molar-refractivity contribution in [2.45, 2.75) is 56.8 Å². The zero-order valence-electron chi connectivity index (χ0n) is 19.1. The Morgan fingerprint density at radius 2 is 1.54 bits per heavy atom. The van der Waals surface area contributed by atoms with Crippen molar-refractivity contribution in [2.24, 2.45) is 0 Å². The van der Waals surface area contributed by atoms with Crippen LogP contribution in [-0.2, 0) is 14.3 Å². The molecule has 0 saturated heterocycles. The number of carbonyl (C=O) groups excluding carboxylic acids is 2. The molecule has 1 aliphatic carbocycles. The van der Waals surface area contributed by atoms with Crippen molar-refractivity contribution in [1.82, 2.24) is 10.6 Å². The number of halogens is 3. The van der Waals surface area contributed by atoms with E-state index in [-0.39, 0.29) is 18.9 Å². The number of rotatable bonds is 10. The number of fused-ring (bicyclic) bond motifs is 3. The van der Waals surface area contributed by atoms with E-state index < -0.39 is 49.1 Å². The average molecular weight is 492 g/mol. The molecule has 0 aliphatic heterocycles. The fraction of sp³-hybridized carbons (Fsp3) is 0.400. The Hall–Kier alpha value is -3.56. The number of hydrogen-bond acceptors (Lipinski definition) is 4. The number of carboxylic acid groups (broad SMARTS) is 1. The van der Waals surface area contributed by atoms with Gasteiger partial charge in [0.2, 0.25) is 5.91 Å². The number of carboxylic acids is 1. The fourth-order valence-electron chi connectivity index (χ4n) is 4.19. The van der Waals surface area contributed by atoms with E-state index in [1.165, 1.54) is 0 Å². The van der Waals surface area contributed by atoms with Gasteiger partial charge in [-0.05, 0) is 35.1 Å². The maximum Gasteiger partial charge on any atom is 0.408 e. The van der Waals surface area contributed by atoms with Gasteiger partial charge in [0, 0.05) is 12.3 Å². The smallest absolute Gasteiger partial charge is 0.408 e. The van der Waals surface area contributed by atoms with Crippen molar-refractivity contribution in [1.29, 1.82) is 0 Å². The molecule has 3 N–H and O–H groups in total. The summed E-state index contributed by atoms with van der Waals surface area (Å²) in [5.41, 5.74) is 3.81. The van der Waals surface area contributed by atoms with Gasteiger partial charge < -0.3 is 20.5 Å². The summed E-state index contributed by atoms with van der Waals surface area (Å²) in [5, 5.41) is 13.1. The molecule has 0 saturated carbocycles. The van der Waals surface area contributed by atoms with Crippen LogP contribution in [0.15, 0.2) is 48.5 Å². The van der Waals surface area contributed by atoms with Gasteiger partial charge in [-0.15, -0.1) is 0 Å². The van der Waals surface area contributed by atoms with Crippen LogP contribution in [-0.4, -0.2) is 47.9 Å². The highest BCUT2D eigenvalue weighted by molar-refractivity contribution is 5.83. The number of benzene rings is 2. The van der Waals surface area contributed by atoms with Crippen LogP contribution in [0.4, 0.5) is 18.0 Å². The van der Waals surface area contributed by atoms with Crippen molar-refractivity contribution in [3.63, 3.8) is 0 Å². The summed E-state index contributed by atoms with van der Waals surface area (Å²) >= 11 is 0. The van der Waals surface area contributed by atoms with Crippen LogP contribution in [0.25, 0.3) is 11.1 Å². The third kappa shape index (κ3) is 6.52. The summed E-state index contributed by atoms with van der Waals surface area (Å²) in [7, 11) is 0. The standard InChI is InChI=1S/C25H27F3N2O5/c1-2-7-20(23(32)33)29-22(31)13-12-21(25(26,27)28)30-24(34)35-14-19-17-10-5-3-8-15(17)16-9-4-6-11-18(16)19/h3-6,8-11,19-21H,2,7,12-14H2,1H3,(H,29,31)(H,30,34)(H,32,33)/t20-,21-/m0/s1. The van der Waals surface area contributed by atoms with Gasteiger partial charge in [-0.1, -0.05) is 61.9 Å². The Morgan fingerprint density at radius 3 is 2.06 bits per heavy atom. The lowest BCUT2D eigenvalue weighted by Gasteiger charge is -2.22. The molecule has 0 spiro atoms. The quantitative estimate of drug-likeness (QED) is 0.450. The molecule has 10 heteroatoms. The number of alkyl carbamates (subject to hydrolysis) is 1. The monoisotopic (exact) mass is 492 g/mol. The number of alkyl halides is 3. The topological polar surface area (TPSA) is 105 Å². The minimum atomic E-state index is -4.82. The van der Waals surface area contributed by atoms with Crippen molar-refractivity contribution in [2.75, 3.05) is 6.61 Å². The molecule has 188 valence electrons. The molecule has 7 nitrogen and oxygen atoms in total. The van der Waals surface area contributed by atoms with Gasteiger partial charge in [0.25, 0.3) is 0 Å². The Balaban J connectivity index is 1.59. The molecule has 1 aliphatic rings. The van der Waals surface area contributed by atoms with Crippen molar-refractivity contribution >= 4 is 18.0 Å². The van der Waals surface area contributed by atoms with Crippen molar-refractivity contribution in [3.8, 4) is 11.1 Å². The second-order valence-electron chi connectivity index (χ2n) is 8.35. The first-order chi connectivity index (χ1) is 16.6. The molecule has 0 bridgehead atoms. The third-order valence-corrected chi connectivity index (χ3v) is 5.90. The van der Waals surface area contributed by atoms with Crippen molar-refractivity contribution in [3.05, 3.63) is 59.7 Å². The maximum atomic E-state index is 13.5. The van der Waals surface area contributed by atoms with Gasteiger partial charge in [-0.2, -0.15) is 13.2 Å². The first-order valence-electron chi connectivity index (χ1n) is 11.3. The second kappa shape index (κ2) is 11.2. The van der Waals surface area contributed by atoms with Crippen LogP contribution in [0, 0.1) is 0 Å². The molecule has 0 unspecified atom stereocenters. The SMILES string of the molecule is CCC[C@H](NC(=O)CC[C@H](NC(=O)OCC1c2ccccc2-c2ccccc21)C(F)(F)F)C(=O)O. The molecule has 35 heavy (non-hydrogen) atoms. The number of amides is 2. The highest BCUT2D eigenvalue weighted by Crippen LogP contribution is 2.44. The number of aliphatic carboxylic acids is 1. The van der Waals surface area contributed by atoms with Crippen LogP contribution >= 0.6 is 0 Å². The van der Waals surface area contributed by atoms with Crippen molar-refractivity contribution < 1.29 is 37.4 Å². The van der Waals surface area contributed by atoms with Crippen LogP contribution in [0.2, 0.25) is 0 Å². The lowest BCUT2D eigenvalue weighted by atomic mass is 9.98. The normalized spacial score (nSPS) is 14.4. The number of nitrogens with one attached hydrogen (secondary N) is 2. The Bertz CT molecular complexity index is 1030. The summed E-state index contributed by atoms with van der Waals surface area (Å²) < 4.78 is 45.6. The third-order valence-electron chi connectivity index (χ3n) is 5.90. The zero-order chi connectivity index (χ0) is 25.6. The first-order valence-corrected chi connectivity index (χ1v) is 11.3. The fourth-order valence-corrected chi connectivity index (χ4v) is 4.19. The lowest BCUT2D eigenvalue weighted by molar-refractivity contribution is -0.157. The molecule has 2 amide bonds. The summed E-state index contributed by atoms with van der Waals surface area (Å²) in [6.07, 6.45) is -6.79. The van der Waals surface area contributed by atoms with E-state index in [4.69, 9.17) is 9.84 Å². The molecule has 2 atom stereocenters. The van der Waals surface area contributed by atoms with Gasteiger partial charge in [0.15, 0.2) is 0 Å². The van der Waals surface area contributed by atoms with Crippen LogP contribution in [0.1, 0.15) is 49.7 Å². The minimum absolute atomic E-state index is 0.151. The molecular formula is C25H27F3N2O5. The van der Waals surface area contributed by atoms with Gasteiger partial charge in [0.1, 0.15) is 18.7 Å². The van der Waals surface area contributed by atoms with Gasteiger partial charge >= 0.3 is 18.2 Å². The molecule has 0 aromatic heterocycles. The minimum Gasteiger partial charge on any atom is -0.480 e. The van der Waals surface area contributed by atoms with Crippen LogP contribution in [0.3, 0.4) is 0 Å². The Labute approximate surface area is 200 Å². The Kier molecular flexibility index (Phi) is 8.37. The number of hydrogen-bond donors (Lipinski definition) is 3. The number of ether oxygens (including phenoxy) is 1. The highest BCUT2D eigenvalue weighted by atomic mass is 19.4. The van der Waals surface area contributed by atoms with E-state index in [0.29, 0.717) is 6.42 Å². The lowest BCUT2D eigenvalue weighted by Crippen LogP contribution is -2.47. The molecule has 0 fully saturated rings. The van der Waals surface area contributed by atoms with E-state index in [0.717, 1.165) is 22.3 Å². The summed E-state index contributed by atoms with van der Waals surface area (Å²) in [6.45, 7) is 1.57. The van der Waals surface area contributed by atoms with Crippen LogP contribution in [0.5, 0.6) is 0 Å². The number of carbonyl (C=O) groups is 3. The molecule has 2 aromatic carbocycles. The second-order valence-corrected chi connectivity index (χ2v) is 8.35. The predicted molar refractivity (Wildman–Crippen MR) is 122 cm³/mol. The maximum absolute atomic E-state index is 13.5. The largest absolute Gasteiger partial charge is 0.480 e. The molecule has 3 rings (SSSR count). The van der Waals surface area contributed by atoms with E-state index >= 15 is 0 Å². The van der Waals surface area contributed by atoms with E-state index in [1.807, 2.05) is 48.5 Å². The highest BCUT2D eigenvalue weighted by Gasteiger charge is 2.41. The van der Waals surface area contributed by atoms with Gasteiger partial charge in [0.05, 0.1) is 0 Å². The van der Waals surface area contributed by atoms with Gasteiger partial charge in [-0.25, -0.2) is 9.59 Å². The van der Waals surface area contributed by atoms with E-state index in [9.17, 15) is 27.6 Å². The van der Waals surface area contributed by atoms with Crippen LogP contribution < -0.4 is 10.6 Å². The Morgan fingerprint density at radius 1 is 0.971 bits per heavy atom. The zero-order valence-corrected chi connectivity index (χ0v) is 19.1. The molecule has 0 heterocycles. The molecule has 2 aromatic rings. The molecular weight excluding hydrogens is 465 g/mol. The summed E-state index contributed by atoms with van der Waals surface area (Å²) in [4.78, 5) is 35.4. The van der Waals surface area contributed by atoms with Gasteiger partial charge in [-0.3, -0.25) is 4.79 Å². The molecule has 0 radical (unpaired) electrons. The summed E-state index contributed by atoms with van der Waals surface area (Å²) in [5.74, 6) is -2.41. The van der Waals surface area contributed by atoms with E-state index in [1.54, 1.807) is 12.2 Å². The summed E-state index contributed by atoms with van der Waals surface area (Å²) in [6, 6.07) is 11.6. The predicted octanol–water partition coefficient (Wildman–Crippen LogP) is 4.61. The first kappa shape index (κ1) is 26.1. The van der Waals surface area contributed by atoms with E-state index in [2.05, 4.69) is 5.32 Å².